The Balaban J connectivity index is 1.66. The quantitative estimate of drug-likeness (QED) is 0.534. The molecule has 0 atom stereocenters. The summed E-state index contributed by atoms with van der Waals surface area (Å²) in [7, 11) is 1.65. The van der Waals surface area contributed by atoms with Gasteiger partial charge in [-0.25, -0.2) is 0 Å². The Morgan fingerprint density at radius 3 is 2.65 bits per heavy atom. The van der Waals surface area contributed by atoms with Crippen molar-refractivity contribution in [1.29, 1.82) is 0 Å². The van der Waals surface area contributed by atoms with Gasteiger partial charge in [0.1, 0.15) is 0 Å². The number of pyridine rings is 1. The molecule has 1 aliphatic heterocycles. The minimum absolute atomic E-state index is 0.00407. The molecule has 0 unspecified atom stereocenters. The van der Waals surface area contributed by atoms with E-state index < -0.39 is 0 Å². The average molecular weight is 438 g/mol. The second-order valence-electron chi connectivity index (χ2n) is 7.34. The summed E-state index contributed by atoms with van der Waals surface area (Å²) in [5, 5.41) is 1.13. The topological polar surface area (TPSA) is 54.9 Å². The van der Waals surface area contributed by atoms with Crippen molar-refractivity contribution in [2.45, 2.75) is 6.54 Å². The van der Waals surface area contributed by atoms with Crippen molar-refractivity contribution < 1.29 is 14.3 Å². The van der Waals surface area contributed by atoms with E-state index >= 15 is 0 Å². The van der Waals surface area contributed by atoms with Crippen molar-refractivity contribution in [2.24, 2.45) is 0 Å². The minimum atomic E-state index is 0.00407. The van der Waals surface area contributed by atoms with Crippen LogP contribution in [0.3, 0.4) is 0 Å². The normalized spacial score (nSPS) is 13.9. The molecule has 2 aromatic heterocycles. The van der Waals surface area contributed by atoms with Crippen LogP contribution in [-0.4, -0.2) is 62.4 Å². The standard InChI is InChI=1S/C24H27N3O3S/c1-29-14-11-27(18-20-9-5-6-10-25-20)23(28)22-17-21(19-7-3-2-4-8-19)24(31-22)26-12-15-30-16-13-26/h2-10,17H,11-16,18H2,1H3. The van der Waals surface area contributed by atoms with Crippen LogP contribution in [0.5, 0.6) is 0 Å². The van der Waals surface area contributed by atoms with Crippen LogP contribution >= 0.6 is 11.3 Å². The van der Waals surface area contributed by atoms with Crippen molar-refractivity contribution in [3.63, 3.8) is 0 Å². The van der Waals surface area contributed by atoms with Gasteiger partial charge in [0, 0.05) is 38.5 Å². The second-order valence-corrected chi connectivity index (χ2v) is 8.37. The van der Waals surface area contributed by atoms with Crippen LogP contribution < -0.4 is 4.90 Å². The number of amides is 1. The van der Waals surface area contributed by atoms with Gasteiger partial charge < -0.3 is 19.3 Å². The van der Waals surface area contributed by atoms with Gasteiger partial charge in [0.2, 0.25) is 0 Å². The maximum absolute atomic E-state index is 13.5. The molecule has 7 heteroatoms. The smallest absolute Gasteiger partial charge is 0.264 e. The van der Waals surface area contributed by atoms with E-state index in [1.54, 1.807) is 24.6 Å². The Hall–Kier alpha value is -2.74. The van der Waals surface area contributed by atoms with Crippen molar-refractivity contribution >= 4 is 22.2 Å². The summed E-state index contributed by atoms with van der Waals surface area (Å²) in [5.41, 5.74) is 3.08. The number of benzene rings is 1. The number of thiophene rings is 1. The summed E-state index contributed by atoms with van der Waals surface area (Å²) in [6.45, 7) is 4.51. The first-order chi connectivity index (χ1) is 15.3. The Morgan fingerprint density at radius 2 is 1.94 bits per heavy atom. The van der Waals surface area contributed by atoms with Crippen molar-refractivity contribution in [2.75, 3.05) is 51.5 Å². The maximum atomic E-state index is 13.5. The van der Waals surface area contributed by atoms with Gasteiger partial charge in [-0.2, -0.15) is 0 Å². The van der Waals surface area contributed by atoms with Crippen LogP contribution in [0.1, 0.15) is 15.4 Å². The van der Waals surface area contributed by atoms with Crippen molar-refractivity contribution in [3.8, 4) is 11.1 Å². The molecule has 1 aliphatic rings. The lowest BCUT2D eigenvalue weighted by Crippen LogP contribution is -2.36. The van der Waals surface area contributed by atoms with E-state index in [2.05, 4.69) is 22.0 Å². The van der Waals surface area contributed by atoms with Crippen LogP contribution in [0.25, 0.3) is 11.1 Å². The van der Waals surface area contributed by atoms with Crippen LogP contribution in [0.15, 0.2) is 60.8 Å². The largest absolute Gasteiger partial charge is 0.383 e. The summed E-state index contributed by atoms with van der Waals surface area (Å²) in [6, 6.07) is 18.1. The average Bonchev–Trinajstić information content (AvgIpc) is 3.29. The van der Waals surface area contributed by atoms with Crippen LogP contribution in [0.2, 0.25) is 0 Å². The van der Waals surface area contributed by atoms with E-state index in [4.69, 9.17) is 9.47 Å². The monoisotopic (exact) mass is 437 g/mol. The number of nitrogens with zero attached hydrogens (tertiary/aromatic N) is 3. The lowest BCUT2D eigenvalue weighted by Gasteiger charge is -2.28. The molecule has 3 aromatic rings. The van der Waals surface area contributed by atoms with Gasteiger partial charge in [-0.3, -0.25) is 9.78 Å². The highest BCUT2D eigenvalue weighted by Crippen LogP contribution is 2.40. The van der Waals surface area contributed by atoms with Crippen LogP contribution in [0, 0.1) is 0 Å². The highest BCUT2D eigenvalue weighted by Gasteiger charge is 2.25. The number of carbonyl (C=O) groups excluding carboxylic acids is 1. The maximum Gasteiger partial charge on any atom is 0.264 e. The fraction of sp³-hybridized carbons (Fsp3) is 0.333. The number of carbonyl (C=O) groups is 1. The van der Waals surface area contributed by atoms with Crippen molar-refractivity contribution in [1.82, 2.24) is 9.88 Å². The van der Waals surface area contributed by atoms with Gasteiger partial charge in [-0.1, -0.05) is 36.4 Å². The van der Waals surface area contributed by atoms with E-state index in [-0.39, 0.29) is 5.91 Å². The molecule has 0 N–H and O–H groups in total. The molecule has 0 spiro atoms. The number of hydrogen-bond acceptors (Lipinski definition) is 6. The van der Waals surface area contributed by atoms with Gasteiger partial charge in [0.05, 0.1) is 41.9 Å². The van der Waals surface area contributed by atoms with Crippen LogP contribution in [0.4, 0.5) is 5.00 Å². The van der Waals surface area contributed by atoms with Crippen molar-refractivity contribution in [3.05, 3.63) is 71.4 Å². The molecule has 1 aromatic carbocycles. The predicted octanol–water partition coefficient (Wildman–Crippen LogP) is 3.94. The first-order valence-electron chi connectivity index (χ1n) is 10.5. The third-order valence-corrected chi connectivity index (χ3v) is 6.42. The Morgan fingerprint density at radius 1 is 1.16 bits per heavy atom. The van der Waals surface area contributed by atoms with Gasteiger partial charge >= 0.3 is 0 Å². The highest BCUT2D eigenvalue weighted by atomic mass is 32.1. The Kier molecular flexibility index (Phi) is 7.30. The number of rotatable bonds is 8. The number of morpholine rings is 1. The molecule has 1 amide bonds. The molecule has 162 valence electrons. The zero-order chi connectivity index (χ0) is 21.5. The number of hydrogen-bond donors (Lipinski definition) is 0. The number of ether oxygens (including phenoxy) is 2. The zero-order valence-electron chi connectivity index (χ0n) is 17.7. The molecule has 0 bridgehead atoms. The van der Waals surface area contributed by atoms with Gasteiger partial charge in [0.25, 0.3) is 5.91 Å². The predicted molar refractivity (Wildman–Crippen MR) is 124 cm³/mol. The second kappa shape index (κ2) is 10.5. The molecule has 4 rings (SSSR count). The summed E-state index contributed by atoms with van der Waals surface area (Å²) < 4.78 is 10.8. The van der Waals surface area contributed by atoms with Crippen LogP contribution in [-0.2, 0) is 16.0 Å². The van der Waals surface area contributed by atoms with Gasteiger partial charge in [0.15, 0.2) is 0 Å². The SMILES string of the molecule is COCCN(Cc1ccccn1)C(=O)c1cc(-c2ccccc2)c(N2CCOCC2)s1. The molecule has 0 saturated carbocycles. The van der Waals surface area contributed by atoms with E-state index in [0.717, 1.165) is 39.8 Å². The lowest BCUT2D eigenvalue weighted by molar-refractivity contribution is 0.0682. The molecule has 1 fully saturated rings. The summed E-state index contributed by atoms with van der Waals surface area (Å²) in [4.78, 5) is 22.8. The van der Waals surface area contributed by atoms with E-state index in [9.17, 15) is 4.79 Å². The number of aromatic nitrogens is 1. The first kappa shape index (κ1) is 21.5. The molecule has 0 aliphatic carbocycles. The Labute approximate surface area is 187 Å². The van der Waals surface area contributed by atoms with E-state index in [1.165, 1.54) is 0 Å². The summed E-state index contributed by atoms with van der Waals surface area (Å²) in [5.74, 6) is 0.00407. The number of anilines is 1. The molecule has 3 heterocycles. The molecule has 0 radical (unpaired) electrons. The summed E-state index contributed by atoms with van der Waals surface area (Å²) in [6.07, 6.45) is 1.75. The third-order valence-electron chi connectivity index (χ3n) is 5.24. The minimum Gasteiger partial charge on any atom is -0.383 e. The van der Waals surface area contributed by atoms with Gasteiger partial charge in [-0.15, -0.1) is 11.3 Å². The first-order valence-corrected chi connectivity index (χ1v) is 11.3. The fourth-order valence-corrected chi connectivity index (χ4v) is 4.81. The molecule has 6 nitrogen and oxygen atoms in total. The highest BCUT2D eigenvalue weighted by molar-refractivity contribution is 7.18. The fourth-order valence-electron chi connectivity index (χ4n) is 3.61. The molecule has 31 heavy (non-hydrogen) atoms. The Bertz CT molecular complexity index is 972. The summed E-state index contributed by atoms with van der Waals surface area (Å²) >= 11 is 1.56. The zero-order valence-corrected chi connectivity index (χ0v) is 18.5. The molecule has 1 saturated heterocycles. The number of methoxy groups -OCH3 is 1. The van der Waals surface area contributed by atoms with E-state index in [1.807, 2.05) is 47.4 Å². The van der Waals surface area contributed by atoms with Gasteiger partial charge in [-0.05, 0) is 23.8 Å². The lowest BCUT2D eigenvalue weighted by atomic mass is 10.1. The third kappa shape index (κ3) is 5.31. The van der Waals surface area contributed by atoms with E-state index in [0.29, 0.717) is 32.9 Å². The molecular formula is C24H27N3O3S. The molecular weight excluding hydrogens is 410 g/mol.